The first kappa shape index (κ1) is 34.4. The lowest BCUT2D eigenvalue weighted by Gasteiger charge is -2.37. The Kier molecular flexibility index (Phi) is 10.5. The first-order valence-corrected chi connectivity index (χ1v) is 17.6. The molecule has 2 atom stereocenters. The van der Waals surface area contributed by atoms with Gasteiger partial charge in [0.25, 0.3) is 0 Å². The molecule has 2 unspecified atom stereocenters. The van der Waals surface area contributed by atoms with E-state index in [0.29, 0.717) is 54.1 Å². The maximum Gasteiger partial charge on any atom is 0.387 e. The highest BCUT2D eigenvalue weighted by Gasteiger charge is 2.27. The monoisotopic (exact) mass is 689 g/mol. The third kappa shape index (κ3) is 7.90. The molecule has 3 N–H and O–H groups in total. The van der Waals surface area contributed by atoms with Crippen LogP contribution in [0.25, 0.3) is 17.0 Å². The summed E-state index contributed by atoms with van der Waals surface area (Å²) in [7, 11) is 0.528. The first-order valence-electron chi connectivity index (χ1n) is 16.5. The number of alkyl halides is 2. The van der Waals surface area contributed by atoms with E-state index in [-0.39, 0.29) is 17.8 Å². The van der Waals surface area contributed by atoms with E-state index < -0.39 is 17.6 Å². The predicted octanol–water partition coefficient (Wildman–Crippen LogP) is 5.69. The minimum absolute atomic E-state index is 0.0489. The maximum atomic E-state index is 13.6. The Labute approximate surface area is 287 Å². The van der Waals surface area contributed by atoms with Crippen LogP contribution in [-0.2, 0) is 18.0 Å². The van der Waals surface area contributed by atoms with Crippen LogP contribution >= 0.6 is 0 Å². The number of piperidine rings is 2. The number of nitriles is 1. The number of hydrogen-bond donors (Lipinski definition) is 2. The van der Waals surface area contributed by atoms with Gasteiger partial charge in [-0.15, -0.1) is 0 Å². The third-order valence-electron chi connectivity index (χ3n) is 9.72. The zero-order valence-electron chi connectivity index (χ0n) is 27.9. The van der Waals surface area contributed by atoms with Crippen molar-refractivity contribution in [3.63, 3.8) is 0 Å². The summed E-state index contributed by atoms with van der Waals surface area (Å²) in [5.74, 6) is 1.26. The number of nitrogens with zero attached hydrogens (tertiary/aromatic N) is 7. The van der Waals surface area contributed by atoms with Crippen LogP contribution in [0.5, 0.6) is 5.75 Å². The van der Waals surface area contributed by atoms with Gasteiger partial charge in [-0.05, 0) is 100.0 Å². The van der Waals surface area contributed by atoms with Crippen LogP contribution in [0, 0.1) is 11.3 Å². The average molecular weight is 690 g/mol. The van der Waals surface area contributed by atoms with E-state index in [1.54, 1.807) is 12.1 Å². The van der Waals surface area contributed by atoms with Crippen molar-refractivity contribution in [1.82, 2.24) is 29.0 Å². The van der Waals surface area contributed by atoms with Crippen molar-refractivity contribution >= 4 is 39.7 Å². The van der Waals surface area contributed by atoms with Crippen LogP contribution in [0.4, 0.5) is 20.5 Å². The van der Waals surface area contributed by atoms with E-state index in [0.717, 1.165) is 48.0 Å². The predicted molar refractivity (Wildman–Crippen MR) is 186 cm³/mol. The highest BCUT2D eigenvalue weighted by molar-refractivity contribution is 7.82. The number of aryl methyl sites for hydroxylation is 1. The van der Waals surface area contributed by atoms with Crippen LogP contribution in [0.2, 0.25) is 0 Å². The molecule has 14 heteroatoms. The Morgan fingerprint density at radius 3 is 2.49 bits per heavy atom. The van der Waals surface area contributed by atoms with Crippen molar-refractivity contribution in [3.05, 3.63) is 71.1 Å². The van der Waals surface area contributed by atoms with Gasteiger partial charge in [-0.3, -0.25) is 9.58 Å². The summed E-state index contributed by atoms with van der Waals surface area (Å²) < 4.78 is 46.5. The molecule has 0 radical (unpaired) electrons. The number of hydrogen-bond acceptors (Lipinski definition) is 9. The summed E-state index contributed by atoms with van der Waals surface area (Å²) in [5.41, 5.74) is 10.9. The number of anilines is 2. The Morgan fingerprint density at radius 2 is 1.82 bits per heavy atom. The van der Waals surface area contributed by atoms with Crippen LogP contribution in [-0.4, -0.2) is 78.0 Å². The number of nitrogen functional groups attached to an aromatic ring is 1. The molecule has 0 bridgehead atoms. The van der Waals surface area contributed by atoms with Gasteiger partial charge in [-0.1, -0.05) is 17.7 Å². The summed E-state index contributed by atoms with van der Waals surface area (Å²) in [4.78, 5) is 11.3. The lowest BCUT2D eigenvalue weighted by Crippen LogP contribution is -2.40. The molecule has 0 amide bonds. The van der Waals surface area contributed by atoms with E-state index in [1.807, 2.05) is 22.1 Å². The number of likely N-dealkylation sites (tertiary alicyclic amines) is 1. The Morgan fingerprint density at radius 1 is 1.10 bits per heavy atom. The fraction of sp³-hybridized carbons (Fsp3) is 0.429. The van der Waals surface area contributed by atoms with Gasteiger partial charge < -0.3 is 15.8 Å². The lowest BCUT2D eigenvalue weighted by molar-refractivity contribution is -0.0503. The van der Waals surface area contributed by atoms with Crippen LogP contribution in [0.3, 0.4) is 0 Å². The smallest absolute Gasteiger partial charge is 0.387 e. The molecule has 4 aromatic rings. The molecule has 0 spiro atoms. The minimum Gasteiger partial charge on any atom is -0.432 e. The molecule has 49 heavy (non-hydrogen) atoms. The van der Waals surface area contributed by atoms with Gasteiger partial charge in [0, 0.05) is 37.6 Å². The van der Waals surface area contributed by atoms with Crippen molar-refractivity contribution in [2.45, 2.75) is 69.0 Å². The van der Waals surface area contributed by atoms with Crippen LogP contribution in [0.15, 0.2) is 59.3 Å². The van der Waals surface area contributed by atoms with Crippen molar-refractivity contribution in [3.8, 4) is 11.8 Å². The van der Waals surface area contributed by atoms with E-state index >= 15 is 0 Å². The molecule has 2 fully saturated rings. The molecular formula is C35H41F2N9O2S. The van der Waals surface area contributed by atoms with Crippen molar-refractivity contribution in [2.24, 2.45) is 7.05 Å². The van der Waals surface area contributed by atoms with Crippen molar-refractivity contribution < 1.29 is 17.7 Å². The van der Waals surface area contributed by atoms with Gasteiger partial charge in [0.05, 0.1) is 34.4 Å². The fourth-order valence-corrected chi connectivity index (χ4v) is 8.01. The van der Waals surface area contributed by atoms with Crippen LogP contribution in [0.1, 0.15) is 62.1 Å². The Hall–Kier alpha value is -4.45. The average Bonchev–Trinajstić information content (AvgIpc) is 3.40. The highest BCUT2D eigenvalue weighted by atomic mass is 32.2. The van der Waals surface area contributed by atoms with Crippen molar-refractivity contribution in [1.29, 1.82) is 5.26 Å². The van der Waals surface area contributed by atoms with E-state index in [4.69, 9.17) is 5.73 Å². The van der Waals surface area contributed by atoms with E-state index in [2.05, 4.69) is 74.2 Å². The Balaban J connectivity index is 1.05. The van der Waals surface area contributed by atoms with Crippen molar-refractivity contribution in [2.75, 3.05) is 37.2 Å². The SMILES string of the molecule is C/C(=C\c1cc(S(=O)N2CCC(Nc3ncc(OC(F)F)cn3)CC2)ccc1C#N)C(C)N1CCC(c2ccc3c(N)nn(C)c3c2)CC1. The molecule has 0 aliphatic carbocycles. The van der Waals surface area contributed by atoms with Gasteiger partial charge >= 0.3 is 6.61 Å². The van der Waals surface area contributed by atoms with E-state index in [9.17, 15) is 18.3 Å². The third-order valence-corrected chi connectivity index (χ3v) is 11.2. The molecule has 4 heterocycles. The zero-order chi connectivity index (χ0) is 34.7. The second-order valence-electron chi connectivity index (χ2n) is 12.7. The number of fused-ring (bicyclic) bond motifs is 1. The zero-order valence-corrected chi connectivity index (χ0v) is 28.7. The standard InChI is InChI=1S/C35H41F2N9O2S/c1-22(23(2)45-12-8-24(9-13-45)25-5-7-31-32(18-25)44(3)43-33(31)39)16-27-17-30(6-4-26(27)19-38)49(47)46-14-10-28(11-15-46)42-35-40-20-29(21-41-35)48-34(36)37/h4-7,16-18,20-21,23-24,28,34H,8-15H2,1-3H3,(H2,39,43)(H,40,41,42)/b22-16+. The van der Waals surface area contributed by atoms with Gasteiger partial charge in [-0.25, -0.2) is 18.5 Å². The number of halogens is 2. The molecule has 2 aliphatic heterocycles. The van der Waals surface area contributed by atoms with Gasteiger partial charge in [0.2, 0.25) is 5.95 Å². The summed E-state index contributed by atoms with van der Waals surface area (Å²) in [6, 6.07) is 14.4. The van der Waals surface area contributed by atoms with Gasteiger partial charge in [-0.2, -0.15) is 19.1 Å². The molecular weight excluding hydrogens is 649 g/mol. The number of rotatable bonds is 10. The molecule has 6 rings (SSSR count). The van der Waals surface area contributed by atoms with Gasteiger partial charge in [0.1, 0.15) is 11.0 Å². The number of nitrogens with one attached hydrogen (secondary N) is 1. The molecule has 2 aromatic heterocycles. The topological polar surface area (TPSA) is 138 Å². The Bertz CT molecular complexity index is 1880. The maximum absolute atomic E-state index is 13.6. The number of nitrogens with two attached hydrogens (primary N) is 1. The molecule has 258 valence electrons. The molecule has 2 aromatic carbocycles. The number of benzene rings is 2. The molecule has 0 saturated carbocycles. The normalized spacial score (nSPS) is 18.4. The minimum atomic E-state index is -2.93. The summed E-state index contributed by atoms with van der Waals surface area (Å²) in [6.07, 6.45) is 7.98. The highest BCUT2D eigenvalue weighted by Crippen LogP contribution is 2.33. The quantitative estimate of drug-likeness (QED) is 0.215. The second-order valence-corrected chi connectivity index (χ2v) is 14.2. The molecule has 2 aliphatic rings. The summed E-state index contributed by atoms with van der Waals surface area (Å²) in [6.45, 7) is 4.47. The number of ether oxygens (including phenoxy) is 1. The van der Waals surface area contributed by atoms with E-state index in [1.165, 1.54) is 18.0 Å². The molecule has 2 saturated heterocycles. The lowest BCUT2D eigenvalue weighted by atomic mass is 9.88. The summed E-state index contributed by atoms with van der Waals surface area (Å²) >= 11 is 0. The second kappa shape index (κ2) is 15.0. The number of aromatic nitrogens is 4. The fourth-order valence-electron chi connectivity index (χ4n) is 6.75. The largest absolute Gasteiger partial charge is 0.432 e. The first-order chi connectivity index (χ1) is 23.6. The molecule has 11 nitrogen and oxygen atoms in total. The van der Waals surface area contributed by atoms with Gasteiger partial charge in [0.15, 0.2) is 11.6 Å². The summed E-state index contributed by atoms with van der Waals surface area (Å²) in [5, 5.41) is 18.4. The van der Waals surface area contributed by atoms with Crippen LogP contribution < -0.4 is 15.8 Å².